The zero-order chi connectivity index (χ0) is 18.5. The molecule has 0 radical (unpaired) electrons. The summed E-state index contributed by atoms with van der Waals surface area (Å²) in [5.41, 5.74) is 0. The van der Waals surface area contributed by atoms with Gasteiger partial charge in [0.1, 0.15) is 0 Å². The molecular weight excluding hydrogens is 296 g/mol. The molecule has 2 fully saturated rings. The van der Waals surface area contributed by atoms with E-state index in [-0.39, 0.29) is 1.43 Å². The maximum absolute atomic E-state index is 5.39. The van der Waals surface area contributed by atoms with Gasteiger partial charge in [-0.2, -0.15) is 0 Å². The molecule has 2 nitrogen and oxygen atoms in total. The monoisotopic (exact) mass is 344 g/mol. The first kappa shape index (κ1) is 23.9. The molecule has 2 rings (SSSR count). The van der Waals surface area contributed by atoms with Gasteiger partial charge in [0.05, 0.1) is 12.2 Å². The molecule has 24 heavy (non-hydrogen) atoms. The minimum Gasteiger partial charge on any atom is -0.379 e. The van der Waals surface area contributed by atoms with Crippen LogP contribution in [0.25, 0.3) is 0 Å². The van der Waals surface area contributed by atoms with Crippen LogP contribution in [0.2, 0.25) is 0 Å². The molecule has 1 saturated carbocycles. The minimum atomic E-state index is 0. The predicted molar refractivity (Wildman–Crippen MR) is 109 cm³/mol. The Bertz CT molecular complexity index is 217. The van der Waals surface area contributed by atoms with Crippen LogP contribution in [0.5, 0.6) is 0 Å². The fraction of sp³-hybridized carbons (Fsp3) is 1.00. The molecule has 0 N–H and O–H groups in total. The van der Waals surface area contributed by atoms with Crippen LogP contribution >= 0.6 is 0 Å². The summed E-state index contributed by atoms with van der Waals surface area (Å²) in [6.07, 6.45) is 9.40. The number of hydrogen-bond donors (Lipinski definition) is 0. The van der Waals surface area contributed by atoms with Crippen LogP contribution in [0.4, 0.5) is 0 Å². The maximum Gasteiger partial charge on any atom is 0.0547 e. The zero-order valence-corrected chi connectivity index (χ0v) is 17.9. The van der Waals surface area contributed by atoms with Crippen LogP contribution in [-0.4, -0.2) is 25.4 Å². The molecule has 0 aromatic heterocycles. The van der Waals surface area contributed by atoms with Gasteiger partial charge in [0, 0.05) is 14.6 Å². The molecule has 1 saturated heterocycles. The molecule has 1 heterocycles. The Balaban J connectivity index is 0. The normalized spacial score (nSPS) is 30.2. The second-order valence-corrected chi connectivity index (χ2v) is 8.97. The third kappa shape index (κ3) is 15.4. The van der Waals surface area contributed by atoms with Crippen LogP contribution in [0.1, 0.15) is 95.3 Å². The number of rotatable bonds is 3. The van der Waals surface area contributed by atoms with E-state index >= 15 is 0 Å². The fourth-order valence-corrected chi connectivity index (χ4v) is 2.83. The van der Waals surface area contributed by atoms with E-state index in [1.807, 2.05) is 0 Å². The molecule has 1 aliphatic carbocycles. The predicted octanol–water partition coefficient (Wildman–Crippen LogP) is 6.97. The molecule has 0 aromatic rings. The van der Waals surface area contributed by atoms with Crippen molar-refractivity contribution in [2.45, 2.75) is 106 Å². The summed E-state index contributed by atoms with van der Waals surface area (Å²) in [6, 6.07) is 0. The summed E-state index contributed by atoms with van der Waals surface area (Å²) < 4.78 is 10.7. The van der Waals surface area contributed by atoms with Crippen LogP contribution in [0.3, 0.4) is 0 Å². The molecule has 0 aromatic carbocycles. The number of ether oxygens (including phenoxy) is 2. The molecular formula is C22H48O2. The Morgan fingerprint density at radius 2 is 1.25 bits per heavy atom. The van der Waals surface area contributed by atoms with Gasteiger partial charge in [0.2, 0.25) is 0 Å². The van der Waals surface area contributed by atoms with Gasteiger partial charge in [-0.1, -0.05) is 60.3 Å². The van der Waals surface area contributed by atoms with E-state index in [0.717, 1.165) is 31.0 Å². The van der Waals surface area contributed by atoms with E-state index in [9.17, 15) is 0 Å². The van der Waals surface area contributed by atoms with E-state index in [1.54, 1.807) is 0 Å². The second-order valence-electron chi connectivity index (χ2n) is 8.97. The van der Waals surface area contributed by atoms with Gasteiger partial charge in [-0.3, -0.25) is 0 Å². The first-order valence-corrected chi connectivity index (χ1v) is 10.4. The van der Waals surface area contributed by atoms with Gasteiger partial charge in [0.15, 0.2) is 0 Å². The van der Waals surface area contributed by atoms with Gasteiger partial charge in [-0.15, -0.1) is 0 Å². The molecule has 2 heteroatoms. The standard InChI is InChI=1S/C8H16.C7H14O.C7H16O.H2/c1-7-3-5-8(2)6-4-7;1-6-3-4-7(2)8-5-6;1-6(2)5-8-7(3)4;/h7-8H,3-6H2,1-2H3;6-7H,3-5H2,1-2H3;6-7H,5H2,1-4H3;1H. The van der Waals surface area contributed by atoms with Gasteiger partial charge in [-0.05, 0) is 57.3 Å². The fourth-order valence-electron chi connectivity index (χ4n) is 2.83. The highest BCUT2D eigenvalue weighted by atomic mass is 16.5. The Morgan fingerprint density at radius 1 is 0.792 bits per heavy atom. The third-order valence-corrected chi connectivity index (χ3v) is 4.80. The highest BCUT2D eigenvalue weighted by Gasteiger charge is 2.13. The Hall–Kier alpha value is -0.0800. The molecule has 2 aliphatic rings. The average Bonchev–Trinajstić information content (AvgIpc) is 2.52. The Morgan fingerprint density at radius 3 is 1.50 bits per heavy atom. The Labute approximate surface area is 154 Å². The first-order chi connectivity index (χ1) is 11.2. The quantitative estimate of drug-likeness (QED) is 0.550. The van der Waals surface area contributed by atoms with Crippen molar-refractivity contribution in [2.75, 3.05) is 13.2 Å². The van der Waals surface area contributed by atoms with E-state index in [2.05, 4.69) is 55.4 Å². The van der Waals surface area contributed by atoms with Crippen LogP contribution in [0.15, 0.2) is 0 Å². The summed E-state index contributed by atoms with van der Waals surface area (Å²) in [5, 5.41) is 0. The molecule has 0 spiro atoms. The van der Waals surface area contributed by atoms with Crippen molar-refractivity contribution in [2.24, 2.45) is 23.7 Å². The zero-order valence-electron chi connectivity index (χ0n) is 17.9. The van der Waals surface area contributed by atoms with E-state index < -0.39 is 0 Å². The highest BCUT2D eigenvalue weighted by molar-refractivity contribution is 4.65. The molecule has 1 aliphatic heterocycles. The van der Waals surface area contributed by atoms with Crippen molar-refractivity contribution in [1.29, 1.82) is 0 Å². The van der Waals surface area contributed by atoms with Crippen molar-refractivity contribution in [3.8, 4) is 0 Å². The summed E-state index contributed by atoms with van der Waals surface area (Å²) in [6.45, 7) is 19.4. The van der Waals surface area contributed by atoms with Gasteiger partial charge < -0.3 is 9.47 Å². The van der Waals surface area contributed by atoms with Crippen molar-refractivity contribution >= 4 is 0 Å². The van der Waals surface area contributed by atoms with Crippen molar-refractivity contribution in [3.63, 3.8) is 0 Å². The SMILES string of the molecule is CC(C)COC(C)C.CC1CCC(C)CC1.CC1CCC(C)OC1.[HH]. The smallest absolute Gasteiger partial charge is 0.0547 e. The van der Waals surface area contributed by atoms with Crippen molar-refractivity contribution in [1.82, 2.24) is 0 Å². The van der Waals surface area contributed by atoms with Gasteiger partial charge >= 0.3 is 0 Å². The van der Waals surface area contributed by atoms with Crippen LogP contribution in [0, 0.1) is 23.7 Å². The molecule has 0 bridgehead atoms. The molecule has 148 valence electrons. The summed E-state index contributed by atoms with van der Waals surface area (Å²) >= 11 is 0. The van der Waals surface area contributed by atoms with Crippen LogP contribution in [-0.2, 0) is 9.47 Å². The summed E-state index contributed by atoms with van der Waals surface area (Å²) in [4.78, 5) is 0. The lowest BCUT2D eigenvalue weighted by molar-refractivity contribution is 0.000267. The molecule has 0 amide bonds. The highest BCUT2D eigenvalue weighted by Crippen LogP contribution is 2.27. The van der Waals surface area contributed by atoms with Gasteiger partial charge in [-0.25, -0.2) is 0 Å². The van der Waals surface area contributed by atoms with E-state index in [4.69, 9.17) is 9.47 Å². The summed E-state index contributed by atoms with van der Waals surface area (Å²) in [7, 11) is 0. The largest absolute Gasteiger partial charge is 0.379 e. The van der Waals surface area contributed by atoms with Crippen LogP contribution < -0.4 is 0 Å². The molecule has 2 unspecified atom stereocenters. The maximum atomic E-state index is 5.39. The van der Waals surface area contributed by atoms with Gasteiger partial charge in [0.25, 0.3) is 0 Å². The third-order valence-electron chi connectivity index (χ3n) is 4.80. The summed E-state index contributed by atoms with van der Waals surface area (Å²) in [5.74, 6) is 3.50. The number of hydrogen-bond acceptors (Lipinski definition) is 2. The Kier molecular flexibility index (Phi) is 14.1. The minimum absolute atomic E-state index is 0. The van der Waals surface area contributed by atoms with E-state index in [0.29, 0.717) is 18.1 Å². The molecule has 2 atom stereocenters. The van der Waals surface area contributed by atoms with Crippen molar-refractivity contribution < 1.29 is 10.9 Å². The lowest BCUT2D eigenvalue weighted by atomic mass is 9.84. The van der Waals surface area contributed by atoms with E-state index in [1.165, 1.54) is 38.5 Å². The lowest BCUT2D eigenvalue weighted by Crippen LogP contribution is -2.21. The first-order valence-electron chi connectivity index (χ1n) is 10.4. The average molecular weight is 345 g/mol. The topological polar surface area (TPSA) is 18.5 Å². The lowest BCUT2D eigenvalue weighted by Gasteiger charge is -2.23. The van der Waals surface area contributed by atoms with Crippen molar-refractivity contribution in [3.05, 3.63) is 0 Å². The second kappa shape index (κ2) is 14.1.